The fourth-order valence-corrected chi connectivity index (χ4v) is 2.25. The Morgan fingerprint density at radius 2 is 2.06 bits per heavy atom. The Morgan fingerprint density at radius 1 is 1.44 bits per heavy atom. The van der Waals surface area contributed by atoms with Crippen LogP contribution >= 0.6 is 0 Å². The number of hydrogen-bond acceptors (Lipinski definition) is 3. The van der Waals surface area contributed by atoms with Gasteiger partial charge in [0.05, 0.1) is 11.3 Å². The van der Waals surface area contributed by atoms with Crippen molar-refractivity contribution >= 4 is 0 Å². The summed E-state index contributed by atoms with van der Waals surface area (Å²) in [5, 5.41) is 14.6. The van der Waals surface area contributed by atoms with Crippen molar-refractivity contribution in [3.8, 4) is 0 Å². The van der Waals surface area contributed by atoms with Gasteiger partial charge in [-0.3, -0.25) is 4.68 Å². The minimum atomic E-state index is -0.818. The second kappa shape index (κ2) is 4.18. The molecule has 1 aromatic heterocycles. The Balaban J connectivity index is 2.31. The standard InChI is InChI=1S/C12H20N2O2/c1-12(2,15)10-8-14(3)13-11(10)9-4-6-16-7-5-9/h8-9,15H,4-7H2,1-3H3. The summed E-state index contributed by atoms with van der Waals surface area (Å²) in [7, 11) is 1.90. The molecule has 0 saturated carbocycles. The van der Waals surface area contributed by atoms with Crippen molar-refractivity contribution in [2.24, 2.45) is 7.05 Å². The lowest BCUT2D eigenvalue weighted by Crippen LogP contribution is -2.21. The summed E-state index contributed by atoms with van der Waals surface area (Å²) in [6, 6.07) is 0. The maximum Gasteiger partial charge on any atom is 0.0873 e. The van der Waals surface area contributed by atoms with Crippen molar-refractivity contribution in [3.63, 3.8) is 0 Å². The van der Waals surface area contributed by atoms with Crippen molar-refractivity contribution in [3.05, 3.63) is 17.5 Å². The minimum absolute atomic E-state index is 0.427. The van der Waals surface area contributed by atoms with E-state index in [-0.39, 0.29) is 0 Å². The van der Waals surface area contributed by atoms with E-state index >= 15 is 0 Å². The Labute approximate surface area is 96.2 Å². The zero-order valence-electron chi connectivity index (χ0n) is 10.2. The summed E-state index contributed by atoms with van der Waals surface area (Å²) in [5.41, 5.74) is 1.17. The molecule has 0 aromatic carbocycles. The molecule has 2 heterocycles. The highest BCUT2D eigenvalue weighted by Gasteiger charge is 2.28. The highest BCUT2D eigenvalue weighted by Crippen LogP contribution is 2.33. The number of aliphatic hydroxyl groups is 1. The molecule has 1 aliphatic heterocycles. The lowest BCUT2D eigenvalue weighted by atomic mass is 9.88. The molecule has 1 saturated heterocycles. The molecule has 16 heavy (non-hydrogen) atoms. The topological polar surface area (TPSA) is 47.3 Å². The van der Waals surface area contributed by atoms with E-state index < -0.39 is 5.60 Å². The van der Waals surface area contributed by atoms with Gasteiger partial charge in [0.2, 0.25) is 0 Å². The molecule has 0 spiro atoms. The largest absolute Gasteiger partial charge is 0.386 e. The monoisotopic (exact) mass is 224 g/mol. The molecule has 1 fully saturated rings. The second-order valence-corrected chi connectivity index (χ2v) is 5.05. The van der Waals surface area contributed by atoms with Crippen molar-refractivity contribution in [2.45, 2.75) is 38.2 Å². The third-order valence-corrected chi connectivity index (χ3v) is 3.12. The number of hydrogen-bond donors (Lipinski definition) is 1. The van der Waals surface area contributed by atoms with Crippen molar-refractivity contribution in [1.29, 1.82) is 0 Å². The molecule has 90 valence electrons. The first-order valence-electron chi connectivity index (χ1n) is 5.82. The quantitative estimate of drug-likeness (QED) is 0.829. The SMILES string of the molecule is Cn1cc(C(C)(C)O)c(C2CCOCC2)n1. The van der Waals surface area contributed by atoms with Crippen LogP contribution in [-0.2, 0) is 17.4 Å². The lowest BCUT2D eigenvalue weighted by Gasteiger charge is -2.24. The molecular formula is C12H20N2O2. The van der Waals surface area contributed by atoms with Crippen molar-refractivity contribution in [1.82, 2.24) is 9.78 Å². The van der Waals surface area contributed by atoms with Gasteiger partial charge in [-0.2, -0.15) is 5.10 Å². The Kier molecular flexibility index (Phi) is 3.04. The van der Waals surface area contributed by atoms with Gasteiger partial charge in [0.1, 0.15) is 0 Å². The van der Waals surface area contributed by atoms with Gasteiger partial charge in [0, 0.05) is 37.9 Å². The smallest absolute Gasteiger partial charge is 0.0873 e. The van der Waals surface area contributed by atoms with E-state index in [2.05, 4.69) is 5.10 Å². The molecule has 0 aliphatic carbocycles. The van der Waals surface area contributed by atoms with Crippen LogP contribution < -0.4 is 0 Å². The van der Waals surface area contributed by atoms with E-state index in [4.69, 9.17) is 4.74 Å². The first-order valence-corrected chi connectivity index (χ1v) is 5.82. The van der Waals surface area contributed by atoms with Crippen LogP contribution in [0, 0.1) is 0 Å². The van der Waals surface area contributed by atoms with Crippen LogP contribution in [0.5, 0.6) is 0 Å². The number of aryl methyl sites for hydroxylation is 1. The fraction of sp³-hybridized carbons (Fsp3) is 0.750. The number of rotatable bonds is 2. The highest BCUT2D eigenvalue weighted by atomic mass is 16.5. The van der Waals surface area contributed by atoms with Gasteiger partial charge in [0.25, 0.3) is 0 Å². The molecule has 1 N–H and O–H groups in total. The summed E-state index contributed by atoms with van der Waals surface area (Å²) in [6.45, 7) is 5.22. The molecule has 0 radical (unpaired) electrons. The predicted octanol–water partition coefficient (Wildman–Crippen LogP) is 1.54. The van der Waals surface area contributed by atoms with Crippen LogP contribution in [-0.4, -0.2) is 28.1 Å². The zero-order chi connectivity index (χ0) is 11.8. The molecule has 0 bridgehead atoms. The van der Waals surface area contributed by atoms with E-state index in [1.165, 1.54) is 0 Å². The zero-order valence-corrected chi connectivity index (χ0v) is 10.2. The summed E-state index contributed by atoms with van der Waals surface area (Å²) < 4.78 is 7.15. The molecule has 1 aromatic rings. The number of nitrogens with zero attached hydrogens (tertiary/aromatic N) is 2. The van der Waals surface area contributed by atoms with Gasteiger partial charge in [0.15, 0.2) is 0 Å². The Hall–Kier alpha value is -0.870. The average Bonchev–Trinajstić information content (AvgIpc) is 2.61. The number of ether oxygens (including phenoxy) is 1. The van der Waals surface area contributed by atoms with Gasteiger partial charge >= 0.3 is 0 Å². The second-order valence-electron chi connectivity index (χ2n) is 5.05. The summed E-state index contributed by atoms with van der Waals surface area (Å²) in [4.78, 5) is 0. The molecule has 2 rings (SSSR count). The van der Waals surface area contributed by atoms with Gasteiger partial charge in [-0.05, 0) is 26.7 Å². The average molecular weight is 224 g/mol. The first-order chi connectivity index (χ1) is 7.48. The van der Waals surface area contributed by atoms with Gasteiger partial charge in [-0.1, -0.05) is 0 Å². The van der Waals surface area contributed by atoms with Crippen LogP contribution in [0.3, 0.4) is 0 Å². The molecule has 4 heteroatoms. The first kappa shape index (κ1) is 11.6. The Bertz CT molecular complexity index is 360. The summed E-state index contributed by atoms with van der Waals surface area (Å²) in [5.74, 6) is 0.427. The van der Waals surface area contributed by atoms with Crippen LogP contribution in [0.1, 0.15) is 43.9 Å². The lowest BCUT2D eigenvalue weighted by molar-refractivity contribution is 0.0696. The minimum Gasteiger partial charge on any atom is -0.386 e. The molecule has 0 amide bonds. The predicted molar refractivity (Wildman–Crippen MR) is 61.2 cm³/mol. The van der Waals surface area contributed by atoms with Crippen molar-refractivity contribution < 1.29 is 9.84 Å². The summed E-state index contributed by atoms with van der Waals surface area (Å²) >= 11 is 0. The van der Waals surface area contributed by atoms with E-state index in [0.717, 1.165) is 37.3 Å². The molecule has 0 atom stereocenters. The van der Waals surface area contributed by atoms with Crippen LogP contribution in [0.25, 0.3) is 0 Å². The Morgan fingerprint density at radius 3 is 2.62 bits per heavy atom. The normalized spacial score (nSPS) is 19.0. The van der Waals surface area contributed by atoms with E-state index in [0.29, 0.717) is 5.92 Å². The molecule has 0 unspecified atom stereocenters. The van der Waals surface area contributed by atoms with Gasteiger partial charge in [-0.15, -0.1) is 0 Å². The van der Waals surface area contributed by atoms with Crippen molar-refractivity contribution in [2.75, 3.05) is 13.2 Å². The molecule has 1 aliphatic rings. The third kappa shape index (κ3) is 2.28. The summed E-state index contributed by atoms with van der Waals surface area (Å²) in [6.07, 6.45) is 3.92. The fourth-order valence-electron chi connectivity index (χ4n) is 2.25. The molecule has 4 nitrogen and oxygen atoms in total. The van der Waals surface area contributed by atoms with Gasteiger partial charge < -0.3 is 9.84 Å². The molecular weight excluding hydrogens is 204 g/mol. The highest BCUT2D eigenvalue weighted by molar-refractivity contribution is 5.26. The van der Waals surface area contributed by atoms with E-state index in [1.807, 2.05) is 27.1 Å². The van der Waals surface area contributed by atoms with E-state index in [9.17, 15) is 5.11 Å². The van der Waals surface area contributed by atoms with Crippen LogP contribution in [0.4, 0.5) is 0 Å². The van der Waals surface area contributed by atoms with Crippen LogP contribution in [0.15, 0.2) is 6.20 Å². The maximum atomic E-state index is 10.1. The van der Waals surface area contributed by atoms with E-state index in [1.54, 1.807) is 4.68 Å². The van der Waals surface area contributed by atoms with Gasteiger partial charge in [-0.25, -0.2) is 0 Å². The van der Waals surface area contributed by atoms with Crippen LogP contribution in [0.2, 0.25) is 0 Å². The number of aromatic nitrogens is 2. The maximum absolute atomic E-state index is 10.1. The third-order valence-electron chi connectivity index (χ3n) is 3.12.